The number of amides is 1. The van der Waals surface area contributed by atoms with E-state index in [1.165, 1.54) is 4.90 Å². The van der Waals surface area contributed by atoms with Gasteiger partial charge in [-0.25, -0.2) is 4.79 Å². The Morgan fingerprint density at radius 1 is 1.75 bits per heavy atom. The third-order valence-electron chi connectivity index (χ3n) is 1.46. The third kappa shape index (κ3) is 2.40. The van der Waals surface area contributed by atoms with Gasteiger partial charge in [-0.05, 0) is 10.8 Å². The fourth-order valence-corrected chi connectivity index (χ4v) is 0.935. The molecule has 0 bridgehead atoms. The smallest absolute Gasteiger partial charge is 0.410 e. The number of halogens is 1. The molecule has 1 fully saturated rings. The van der Waals surface area contributed by atoms with Gasteiger partial charge in [0.05, 0.1) is 19.2 Å². The Hall–Kier alpha value is -0.730. The van der Waals surface area contributed by atoms with Crippen LogP contribution < -0.4 is 0 Å². The first-order valence-electron chi connectivity index (χ1n) is 3.42. The molecule has 0 spiro atoms. The Morgan fingerprint density at radius 2 is 2.42 bits per heavy atom. The standard InChI is InChI=1S/C7H8BrNO3/c8-2-1-3-12-7(11)9-4-6(10)5-9/h6,10H,3-5H2. The number of carbonyl (C=O) groups excluding carboxylic acids is 1. The molecule has 5 heteroatoms. The monoisotopic (exact) mass is 233 g/mol. The molecule has 0 aliphatic carbocycles. The maximum atomic E-state index is 11.0. The predicted molar refractivity (Wildman–Crippen MR) is 45.6 cm³/mol. The Bertz CT molecular complexity index is 227. The molecule has 1 heterocycles. The zero-order valence-corrected chi connectivity index (χ0v) is 7.87. The molecular weight excluding hydrogens is 226 g/mol. The lowest BCUT2D eigenvalue weighted by molar-refractivity contribution is 0.00125. The van der Waals surface area contributed by atoms with E-state index in [0.29, 0.717) is 13.1 Å². The topological polar surface area (TPSA) is 49.8 Å². The van der Waals surface area contributed by atoms with Crippen LogP contribution in [0.1, 0.15) is 0 Å². The van der Waals surface area contributed by atoms with Crippen LogP contribution in [0.2, 0.25) is 0 Å². The van der Waals surface area contributed by atoms with Crippen LogP contribution in [0.3, 0.4) is 0 Å². The summed E-state index contributed by atoms with van der Waals surface area (Å²) in [6.07, 6.45) is -0.810. The van der Waals surface area contributed by atoms with Gasteiger partial charge < -0.3 is 14.7 Å². The summed E-state index contributed by atoms with van der Waals surface area (Å²) in [6, 6.07) is 0. The maximum Gasteiger partial charge on any atom is 0.410 e. The van der Waals surface area contributed by atoms with Crippen LogP contribution in [0.15, 0.2) is 0 Å². The summed E-state index contributed by atoms with van der Waals surface area (Å²) in [7, 11) is 0. The van der Waals surface area contributed by atoms with Crippen molar-refractivity contribution < 1.29 is 14.6 Å². The summed E-state index contributed by atoms with van der Waals surface area (Å²) in [5.41, 5.74) is 0. The van der Waals surface area contributed by atoms with Gasteiger partial charge >= 0.3 is 6.09 Å². The van der Waals surface area contributed by atoms with E-state index in [-0.39, 0.29) is 12.7 Å². The minimum atomic E-state index is -0.421. The van der Waals surface area contributed by atoms with E-state index >= 15 is 0 Å². The Balaban J connectivity index is 2.15. The van der Waals surface area contributed by atoms with E-state index in [9.17, 15) is 4.79 Å². The van der Waals surface area contributed by atoms with Crippen molar-refractivity contribution in [1.82, 2.24) is 4.90 Å². The summed E-state index contributed by atoms with van der Waals surface area (Å²) in [5.74, 6) is 2.53. The highest BCUT2D eigenvalue weighted by Crippen LogP contribution is 2.08. The predicted octanol–water partition coefficient (Wildman–Crippen LogP) is 0.155. The average molecular weight is 234 g/mol. The largest absolute Gasteiger partial charge is 0.436 e. The van der Waals surface area contributed by atoms with E-state index in [1.807, 2.05) is 0 Å². The number of hydrogen-bond acceptors (Lipinski definition) is 3. The lowest BCUT2D eigenvalue weighted by atomic mass is 10.2. The molecule has 1 aliphatic heterocycles. The Labute approximate surface area is 78.6 Å². The maximum absolute atomic E-state index is 11.0. The van der Waals surface area contributed by atoms with Gasteiger partial charge in [0, 0.05) is 15.9 Å². The first-order valence-corrected chi connectivity index (χ1v) is 4.21. The lowest BCUT2D eigenvalue weighted by Gasteiger charge is -2.34. The number of aliphatic hydroxyl groups is 1. The average Bonchev–Trinajstić information content (AvgIpc) is 1.99. The zero-order valence-electron chi connectivity index (χ0n) is 6.29. The van der Waals surface area contributed by atoms with Crippen LogP contribution in [0, 0.1) is 10.8 Å². The molecule has 0 unspecified atom stereocenters. The second-order valence-electron chi connectivity index (χ2n) is 2.38. The fourth-order valence-electron chi connectivity index (χ4n) is 0.821. The molecule has 0 atom stereocenters. The number of aliphatic hydroxyl groups excluding tert-OH is 1. The highest BCUT2D eigenvalue weighted by molar-refractivity contribution is 9.12. The van der Waals surface area contributed by atoms with Crippen molar-refractivity contribution in [1.29, 1.82) is 0 Å². The van der Waals surface area contributed by atoms with Crippen molar-refractivity contribution in [2.45, 2.75) is 6.10 Å². The van der Waals surface area contributed by atoms with Crippen molar-refractivity contribution >= 4 is 22.0 Å². The number of nitrogens with zero attached hydrogens (tertiary/aromatic N) is 1. The molecule has 1 aliphatic rings. The van der Waals surface area contributed by atoms with Gasteiger partial charge in [0.1, 0.15) is 0 Å². The van der Waals surface area contributed by atoms with E-state index in [0.717, 1.165) is 0 Å². The number of ether oxygens (including phenoxy) is 1. The number of carbonyl (C=O) groups is 1. The van der Waals surface area contributed by atoms with Gasteiger partial charge in [0.25, 0.3) is 0 Å². The first-order chi connectivity index (χ1) is 5.74. The van der Waals surface area contributed by atoms with Gasteiger partial charge in [0.2, 0.25) is 0 Å². The molecule has 0 aromatic rings. The van der Waals surface area contributed by atoms with Gasteiger partial charge in [-0.15, -0.1) is 0 Å². The number of likely N-dealkylation sites (tertiary alicyclic amines) is 1. The summed E-state index contributed by atoms with van der Waals surface area (Å²) in [6.45, 7) is 0.803. The first kappa shape index (κ1) is 9.36. The normalized spacial score (nSPS) is 16.0. The van der Waals surface area contributed by atoms with E-state index < -0.39 is 6.09 Å². The van der Waals surface area contributed by atoms with E-state index in [2.05, 4.69) is 26.7 Å². The van der Waals surface area contributed by atoms with Crippen molar-refractivity contribution in [2.24, 2.45) is 0 Å². The molecule has 1 rings (SSSR count). The van der Waals surface area contributed by atoms with Crippen molar-refractivity contribution in [3.63, 3.8) is 0 Å². The quantitative estimate of drug-likeness (QED) is 0.657. The number of rotatable bonds is 1. The van der Waals surface area contributed by atoms with Gasteiger partial charge in [-0.1, -0.05) is 0 Å². The van der Waals surface area contributed by atoms with Crippen LogP contribution in [-0.2, 0) is 4.74 Å². The molecule has 4 nitrogen and oxygen atoms in total. The molecule has 0 radical (unpaired) electrons. The van der Waals surface area contributed by atoms with E-state index in [1.54, 1.807) is 0 Å². The summed E-state index contributed by atoms with van der Waals surface area (Å²) >= 11 is 2.87. The van der Waals surface area contributed by atoms with Crippen molar-refractivity contribution in [2.75, 3.05) is 19.7 Å². The van der Waals surface area contributed by atoms with Crippen LogP contribution in [0.25, 0.3) is 0 Å². The van der Waals surface area contributed by atoms with Crippen LogP contribution in [0.4, 0.5) is 4.79 Å². The SMILES string of the molecule is O=C(OCC#CBr)N1CC(O)C1. The van der Waals surface area contributed by atoms with Crippen LogP contribution >= 0.6 is 15.9 Å². The minimum absolute atomic E-state index is 0.0800. The van der Waals surface area contributed by atoms with Gasteiger partial charge in [0.15, 0.2) is 6.61 Å². The molecular formula is C7H8BrNO3. The molecule has 1 saturated heterocycles. The minimum Gasteiger partial charge on any atom is -0.436 e. The Morgan fingerprint density at radius 3 is 2.92 bits per heavy atom. The van der Waals surface area contributed by atoms with Crippen molar-refractivity contribution in [3.05, 3.63) is 0 Å². The zero-order chi connectivity index (χ0) is 8.97. The lowest BCUT2D eigenvalue weighted by Crippen LogP contribution is -2.53. The van der Waals surface area contributed by atoms with E-state index in [4.69, 9.17) is 9.84 Å². The third-order valence-corrected chi connectivity index (χ3v) is 1.74. The number of β-amino-alcohol motifs (C(OH)–C–C–N with tert-alkyl or cyclic N) is 1. The second-order valence-corrected chi connectivity index (χ2v) is 2.78. The van der Waals surface area contributed by atoms with Crippen LogP contribution in [0.5, 0.6) is 0 Å². The highest BCUT2D eigenvalue weighted by atomic mass is 79.9. The fraction of sp³-hybridized carbons (Fsp3) is 0.571. The number of hydrogen-bond donors (Lipinski definition) is 1. The molecule has 0 aromatic carbocycles. The highest BCUT2D eigenvalue weighted by Gasteiger charge is 2.29. The van der Waals surface area contributed by atoms with Crippen LogP contribution in [-0.4, -0.2) is 41.9 Å². The Kier molecular flexibility index (Phi) is 3.38. The summed E-state index contributed by atoms with van der Waals surface area (Å²) in [5, 5.41) is 8.85. The molecule has 12 heavy (non-hydrogen) atoms. The van der Waals surface area contributed by atoms with Gasteiger partial charge in [-0.3, -0.25) is 0 Å². The molecule has 66 valence electrons. The molecule has 1 N–H and O–H groups in total. The van der Waals surface area contributed by atoms with Crippen molar-refractivity contribution in [3.8, 4) is 10.8 Å². The summed E-state index contributed by atoms with van der Waals surface area (Å²) < 4.78 is 4.71. The molecule has 0 aromatic heterocycles. The summed E-state index contributed by atoms with van der Waals surface area (Å²) in [4.78, 5) is 14.8. The molecule has 0 saturated carbocycles. The second kappa shape index (κ2) is 4.33. The molecule has 1 amide bonds. The van der Waals surface area contributed by atoms with Gasteiger partial charge in [-0.2, -0.15) is 0 Å².